The maximum Gasteiger partial charge on any atom is 0.0762 e. The Balaban J connectivity index is 1.52. The van der Waals surface area contributed by atoms with Gasteiger partial charge in [0.1, 0.15) is 0 Å². The number of hydrogen-bond acceptors (Lipinski definition) is 1. The molecule has 1 spiro atoms. The first kappa shape index (κ1) is 13.8. The van der Waals surface area contributed by atoms with Crippen LogP contribution < -0.4 is 0 Å². The smallest absolute Gasteiger partial charge is 0.0762 e. The van der Waals surface area contributed by atoms with E-state index >= 15 is 0 Å². The molecule has 2 aromatic rings. The van der Waals surface area contributed by atoms with Crippen LogP contribution in [-0.4, -0.2) is 16.3 Å². The molecule has 1 aromatic heterocycles. The van der Waals surface area contributed by atoms with Crippen LogP contribution in [0, 0.1) is 0 Å². The highest BCUT2D eigenvalue weighted by Gasteiger charge is 2.40. The zero-order valence-electron chi connectivity index (χ0n) is 12.4. The summed E-state index contributed by atoms with van der Waals surface area (Å²) in [5.41, 5.74) is 1.53. The highest BCUT2D eigenvalue weighted by atomic mass is 79.9. The molecule has 0 N–H and O–H groups in total. The maximum atomic E-state index is 6.51. The molecular formula is C18H22BrNO. The summed E-state index contributed by atoms with van der Waals surface area (Å²) >= 11 is 3.58. The van der Waals surface area contributed by atoms with Gasteiger partial charge in [-0.2, -0.15) is 0 Å². The molecule has 21 heavy (non-hydrogen) atoms. The van der Waals surface area contributed by atoms with Crippen molar-refractivity contribution in [3.05, 3.63) is 34.9 Å². The van der Waals surface area contributed by atoms with Crippen molar-refractivity contribution in [1.82, 2.24) is 4.57 Å². The molecule has 1 aliphatic carbocycles. The highest BCUT2D eigenvalue weighted by Crippen LogP contribution is 2.42. The number of halogens is 1. The van der Waals surface area contributed by atoms with Crippen molar-refractivity contribution >= 4 is 26.8 Å². The summed E-state index contributed by atoms with van der Waals surface area (Å²) in [5.74, 6) is 0. The number of fused-ring (bicyclic) bond motifs is 1. The van der Waals surface area contributed by atoms with E-state index in [1.165, 1.54) is 55.8 Å². The minimum atomic E-state index is 0.229. The summed E-state index contributed by atoms with van der Waals surface area (Å²) in [4.78, 5) is 0. The predicted octanol–water partition coefficient (Wildman–Crippen LogP) is 5.29. The molecule has 2 heterocycles. The van der Waals surface area contributed by atoms with Gasteiger partial charge in [0, 0.05) is 22.7 Å². The lowest BCUT2D eigenvalue weighted by Gasteiger charge is -2.33. The molecular weight excluding hydrogens is 326 g/mol. The Labute approximate surface area is 134 Å². The van der Waals surface area contributed by atoms with Crippen molar-refractivity contribution in [3.8, 4) is 0 Å². The molecule has 0 bridgehead atoms. The average molecular weight is 348 g/mol. The normalized spacial score (nSPS) is 24.9. The van der Waals surface area contributed by atoms with Gasteiger partial charge in [-0.15, -0.1) is 0 Å². The Hall–Kier alpha value is -0.800. The standard InChI is InChI=1S/C18H22BrNO/c19-15-5-4-14-7-11-20(17(14)12-15)13-16-6-10-18(21-16)8-2-1-3-9-18/h4-5,7,11-12,16H,1-3,6,8-10,13H2. The van der Waals surface area contributed by atoms with E-state index in [-0.39, 0.29) is 5.60 Å². The van der Waals surface area contributed by atoms with E-state index in [0.29, 0.717) is 6.10 Å². The average Bonchev–Trinajstić information content (AvgIpc) is 3.06. The summed E-state index contributed by atoms with van der Waals surface area (Å²) in [6.07, 6.45) is 11.7. The van der Waals surface area contributed by atoms with Crippen LogP contribution in [0.4, 0.5) is 0 Å². The van der Waals surface area contributed by atoms with E-state index in [0.717, 1.165) is 11.0 Å². The molecule has 0 amide bonds. The quantitative estimate of drug-likeness (QED) is 0.720. The molecule has 4 rings (SSSR count). The maximum absolute atomic E-state index is 6.51. The topological polar surface area (TPSA) is 14.2 Å². The molecule has 1 aliphatic heterocycles. The first-order valence-electron chi connectivity index (χ1n) is 8.16. The number of nitrogens with zero attached hydrogens (tertiary/aromatic N) is 1. The Morgan fingerprint density at radius 2 is 2.00 bits per heavy atom. The Bertz CT molecular complexity index is 642. The minimum absolute atomic E-state index is 0.229. The summed E-state index contributed by atoms with van der Waals surface area (Å²) in [7, 11) is 0. The molecule has 2 nitrogen and oxygen atoms in total. The van der Waals surface area contributed by atoms with E-state index in [1.54, 1.807) is 0 Å². The zero-order valence-corrected chi connectivity index (χ0v) is 13.9. The van der Waals surface area contributed by atoms with Crippen LogP contribution in [0.3, 0.4) is 0 Å². The lowest BCUT2D eigenvalue weighted by atomic mass is 9.83. The number of ether oxygens (including phenoxy) is 1. The molecule has 1 atom stereocenters. The second-order valence-electron chi connectivity index (χ2n) is 6.69. The van der Waals surface area contributed by atoms with Crippen molar-refractivity contribution in [1.29, 1.82) is 0 Å². The molecule has 1 aromatic carbocycles. The monoisotopic (exact) mass is 347 g/mol. The number of benzene rings is 1. The van der Waals surface area contributed by atoms with Crippen molar-refractivity contribution in [3.63, 3.8) is 0 Å². The number of aromatic nitrogens is 1. The van der Waals surface area contributed by atoms with Gasteiger partial charge in [-0.1, -0.05) is 41.3 Å². The van der Waals surface area contributed by atoms with Crippen LogP contribution in [0.2, 0.25) is 0 Å². The zero-order chi connectivity index (χ0) is 14.3. The van der Waals surface area contributed by atoms with Crippen molar-refractivity contribution in [2.45, 2.75) is 63.2 Å². The van der Waals surface area contributed by atoms with E-state index in [1.807, 2.05) is 0 Å². The van der Waals surface area contributed by atoms with Gasteiger partial charge in [-0.3, -0.25) is 0 Å². The third-order valence-electron chi connectivity index (χ3n) is 5.24. The van der Waals surface area contributed by atoms with E-state index < -0.39 is 0 Å². The van der Waals surface area contributed by atoms with Gasteiger partial charge in [0.25, 0.3) is 0 Å². The van der Waals surface area contributed by atoms with Gasteiger partial charge < -0.3 is 9.30 Å². The van der Waals surface area contributed by atoms with Gasteiger partial charge in [-0.05, 0) is 49.3 Å². The molecule has 1 saturated carbocycles. The predicted molar refractivity (Wildman–Crippen MR) is 89.6 cm³/mol. The van der Waals surface area contributed by atoms with Gasteiger partial charge in [0.05, 0.1) is 11.7 Å². The SMILES string of the molecule is Brc1ccc2ccn(CC3CCC4(CCCCC4)O3)c2c1. The van der Waals surface area contributed by atoms with Gasteiger partial charge >= 0.3 is 0 Å². The Morgan fingerprint density at radius 1 is 1.14 bits per heavy atom. The molecule has 1 unspecified atom stereocenters. The summed E-state index contributed by atoms with van der Waals surface area (Å²) in [6, 6.07) is 8.69. The highest BCUT2D eigenvalue weighted by molar-refractivity contribution is 9.10. The fraction of sp³-hybridized carbons (Fsp3) is 0.556. The van der Waals surface area contributed by atoms with Crippen LogP contribution in [0.25, 0.3) is 10.9 Å². The van der Waals surface area contributed by atoms with Gasteiger partial charge in [0.2, 0.25) is 0 Å². The van der Waals surface area contributed by atoms with Crippen LogP contribution in [0.1, 0.15) is 44.9 Å². The van der Waals surface area contributed by atoms with Gasteiger partial charge in [-0.25, -0.2) is 0 Å². The molecule has 1 saturated heterocycles. The summed E-state index contributed by atoms with van der Waals surface area (Å²) in [6.45, 7) is 0.988. The summed E-state index contributed by atoms with van der Waals surface area (Å²) in [5, 5.41) is 1.31. The minimum Gasteiger partial charge on any atom is -0.370 e. The van der Waals surface area contributed by atoms with Crippen molar-refractivity contribution < 1.29 is 4.74 Å². The lowest BCUT2D eigenvalue weighted by Crippen LogP contribution is -2.32. The number of hydrogen-bond donors (Lipinski definition) is 0. The molecule has 2 fully saturated rings. The molecule has 0 radical (unpaired) electrons. The van der Waals surface area contributed by atoms with Crippen LogP contribution in [-0.2, 0) is 11.3 Å². The van der Waals surface area contributed by atoms with E-state index in [9.17, 15) is 0 Å². The third-order valence-corrected chi connectivity index (χ3v) is 5.73. The fourth-order valence-electron chi connectivity index (χ4n) is 4.12. The van der Waals surface area contributed by atoms with Crippen LogP contribution >= 0.6 is 15.9 Å². The lowest BCUT2D eigenvalue weighted by molar-refractivity contribution is -0.0676. The molecule has 112 valence electrons. The van der Waals surface area contributed by atoms with E-state index in [2.05, 4.69) is 51.0 Å². The van der Waals surface area contributed by atoms with Crippen LogP contribution in [0.5, 0.6) is 0 Å². The number of rotatable bonds is 2. The first-order valence-corrected chi connectivity index (χ1v) is 8.96. The second-order valence-corrected chi connectivity index (χ2v) is 7.61. The first-order chi connectivity index (χ1) is 10.2. The third kappa shape index (κ3) is 2.66. The molecule has 2 aliphatic rings. The van der Waals surface area contributed by atoms with Crippen molar-refractivity contribution in [2.24, 2.45) is 0 Å². The van der Waals surface area contributed by atoms with Crippen LogP contribution in [0.15, 0.2) is 34.9 Å². The second kappa shape index (κ2) is 5.44. The molecule has 3 heteroatoms. The fourth-order valence-corrected chi connectivity index (χ4v) is 4.47. The Morgan fingerprint density at radius 3 is 2.86 bits per heavy atom. The largest absolute Gasteiger partial charge is 0.370 e. The Kier molecular flexibility index (Phi) is 3.58. The van der Waals surface area contributed by atoms with Crippen molar-refractivity contribution in [2.75, 3.05) is 0 Å². The summed E-state index contributed by atoms with van der Waals surface area (Å²) < 4.78 is 10.0. The van der Waals surface area contributed by atoms with E-state index in [4.69, 9.17) is 4.74 Å². The van der Waals surface area contributed by atoms with Gasteiger partial charge in [0.15, 0.2) is 0 Å².